The Hall–Kier alpha value is -0.930. The van der Waals surface area contributed by atoms with Gasteiger partial charge in [0.05, 0.1) is 12.7 Å². The zero-order valence-corrected chi connectivity index (χ0v) is 12.6. The SMILES string of the molecule is CC1CC(C)CC(OCc2ccccc2C(N)=S)C1. The number of nitrogens with two attached hydrogens (primary N) is 1. The molecule has 2 unspecified atom stereocenters. The maximum atomic E-state index is 6.09. The van der Waals surface area contributed by atoms with E-state index in [-0.39, 0.29) is 0 Å². The highest BCUT2D eigenvalue weighted by molar-refractivity contribution is 7.80. The molecule has 3 heteroatoms. The van der Waals surface area contributed by atoms with Crippen LogP contribution in [0.25, 0.3) is 0 Å². The molecule has 0 saturated heterocycles. The van der Waals surface area contributed by atoms with Crippen LogP contribution in [-0.2, 0) is 11.3 Å². The number of ether oxygens (including phenoxy) is 1. The van der Waals surface area contributed by atoms with Gasteiger partial charge in [-0.15, -0.1) is 0 Å². The Morgan fingerprint density at radius 1 is 1.21 bits per heavy atom. The van der Waals surface area contributed by atoms with E-state index in [9.17, 15) is 0 Å². The summed E-state index contributed by atoms with van der Waals surface area (Å²) in [6.07, 6.45) is 4.03. The summed E-state index contributed by atoms with van der Waals surface area (Å²) in [5.41, 5.74) is 7.78. The van der Waals surface area contributed by atoms with Crippen LogP contribution in [0.4, 0.5) is 0 Å². The van der Waals surface area contributed by atoms with Crippen molar-refractivity contribution in [3.8, 4) is 0 Å². The van der Waals surface area contributed by atoms with E-state index in [1.165, 1.54) is 19.3 Å². The molecule has 2 N–H and O–H groups in total. The van der Waals surface area contributed by atoms with E-state index in [0.717, 1.165) is 23.0 Å². The highest BCUT2D eigenvalue weighted by Gasteiger charge is 2.24. The van der Waals surface area contributed by atoms with Crippen LogP contribution < -0.4 is 5.73 Å². The average Bonchev–Trinajstić information content (AvgIpc) is 2.35. The first kappa shape index (κ1) is 14.5. The first-order valence-corrected chi connectivity index (χ1v) is 7.46. The van der Waals surface area contributed by atoms with Crippen molar-refractivity contribution in [2.24, 2.45) is 17.6 Å². The highest BCUT2D eigenvalue weighted by Crippen LogP contribution is 2.30. The number of hydrogen-bond donors (Lipinski definition) is 1. The second kappa shape index (κ2) is 6.49. The molecule has 0 heterocycles. The van der Waals surface area contributed by atoms with Gasteiger partial charge in [-0.05, 0) is 36.7 Å². The molecule has 2 atom stereocenters. The van der Waals surface area contributed by atoms with E-state index >= 15 is 0 Å². The molecule has 2 rings (SSSR count). The summed E-state index contributed by atoms with van der Waals surface area (Å²) in [6.45, 7) is 5.24. The molecule has 1 aliphatic rings. The van der Waals surface area contributed by atoms with E-state index < -0.39 is 0 Å². The second-order valence-corrected chi connectivity index (χ2v) is 6.31. The smallest absolute Gasteiger partial charge is 0.104 e. The van der Waals surface area contributed by atoms with Gasteiger partial charge in [-0.25, -0.2) is 0 Å². The number of hydrogen-bond acceptors (Lipinski definition) is 2. The van der Waals surface area contributed by atoms with Gasteiger partial charge >= 0.3 is 0 Å². The Labute approximate surface area is 121 Å². The summed E-state index contributed by atoms with van der Waals surface area (Å²) in [6, 6.07) is 7.98. The number of benzene rings is 1. The van der Waals surface area contributed by atoms with Gasteiger partial charge in [0.25, 0.3) is 0 Å². The summed E-state index contributed by atoms with van der Waals surface area (Å²) in [5.74, 6) is 1.53. The van der Waals surface area contributed by atoms with Crippen LogP contribution in [0.1, 0.15) is 44.2 Å². The molecule has 0 spiro atoms. The van der Waals surface area contributed by atoms with E-state index in [4.69, 9.17) is 22.7 Å². The Kier molecular flexibility index (Phi) is 4.94. The van der Waals surface area contributed by atoms with Crippen LogP contribution >= 0.6 is 12.2 Å². The minimum absolute atomic E-state index is 0.373. The molecule has 0 amide bonds. The standard InChI is InChI=1S/C16H23NOS/c1-11-7-12(2)9-14(8-11)18-10-13-5-3-4-6-15(13)16(17)19/h3-6,11-12,14H,7-10H2,1-2H3,(H2,17,19). The monoisotopic (exact) mass is 277 g/mol. The van der Waals surface area contributed by atoms with Crippen molar-refractivity contribution >= 4 is 17.2 Å². The quantitative estimate of drug-likeness (QED) is 0.853. The van der Waals surface area contributed by atoms with E-state index in [0.29, 0.717) is 17.7 Å². The van der Waals surface area contributed by atoms with E-state index in [1.54, 1.807) is 0 Å². The Bertz CT molecular complexity index is 436. The lowest BCUT2D eigenvalue weighted by molar-refractivity contribution is -0.00919. The van der Waals surface area contributed by atoms with Gasteiger partial charge in [-0.1, -0.05) is 50.3 Å². The van der Waals surface area contributed by atoms with Crippen molar-refractivity contribution in [3.63, 3.8) is 0 Å². The van der Waals surface area contributed by atoms with Crippen molar-refractivity contribution in [2.45, 2.75) is 45.8 Å². The van der Waals surface area contributed by atoms with E-state index in [1.807, 2.05) is 24.3 Å². The summed E-state index contributed by atoms with van der Waals surface area (Å²) in [5, 5.41) is 0. The van der Waals surface area contributed by atoms with Crippen LogP contribution in [0, 0.1) is 11.8 Å². The summed E-state index contributed by atoms with van der Waals surface area (Å²) in [7, 11) is 0. The molecule has 1 fully saturated rings. The lowest BCUT2D eigenvalue weighted by Gasteiger charge is -2.31. The van der Waals surface area contributed by atoms with Crippen LogP contribution in [0.15, 0.2) is 24.3 Å². The van der Waals surface area contributed by atoms with Gasteiger partial charge in [-0.3, -0.25) is 0 Å². The first-order chi connectivity index (χ1) is 9.06. The molecule has 2 nitrogen and oxygen atoms in total. The molecular weight excluding hydrogens is 254 g/mol. The zero-order valence-electron chi connectivity index (χ0n) is 11.8. The first-order valence-electron chi connectivity index (χ1n) is 7.05. The van der Waals surface area contributed by atoms with Gasteiger partial charge in [0, 0.05) is 5.56 Å². The van der Waals surface area contributed by atoms with Crippen molar-refractivity contribution < 1.29 is 4.74 Å². The number of rotatable bonds is 4. The molecule has 19 heavy (non-hydrogen) atoms. The Balaban J connectivity index is 1.97. The summed E-state index contributed by atoms with van der Waals surface area (Å²) in [4.78, 5) is 0.449. The van der Waals surface area contributed by atoms with Gasteiger partial charge < -0.3 is 10.5 Å². The normalized spacial score (nSPS) is 27.2. The van der Waals surface area contributed by atoms with Gasteiger partial charge in [0.1, 0.15) is 4.99 Å². The zero-order chi connectivity index (χ0) is 13.8. The summed E-state index contributed by atoms with van der Waals surface area (Å²) >= 11 is 5.08. The molecule has 1 saturated carbocycles. The largest absolute Gasteiger partial charge is 0.389 e. The fourth-order valence-electron chi connectivity index (χ4n) is 3.10. The molecule has 0 aliphatic heterocycles. The highest BCUT2D eigenvalue weighted by atomic mass is 32.1. The minimum atomic E-state index is 0.373. The lowest BCUT2D eigenvalue weighted by atomic mass is 9.82. The van der Waals surface area contributed by atoms with Gasteiger partial charge in [0.2, 0.25) is 0 Å². The van der Waals surface area contributed by atoms with E-state index in [2.05, 4.69) is 13.8 Å². The fraction of sp³-hybridized carbons (Fsp3) is 0.562. The van der Waals surface area contributed by atoms with Gasteiger partial charge in [-0.2, -0.15) is 0 Å². The maximum absolute atomic E-state index is 6.09. The molecule has 104 valence electrons. The van der Waals surface area contributed by atoms with Crippen LogP contribution in [-0.4, -0.2) is 11.1 Å². The van der Waals surface area contributed by atoms with Crippen LogP contribution in [0.3, 0.4) is 0 Å². The van der Waals surface area contributed by atoms with Crippen molar-refractivity contribution in [2.75, 3.05) is 0 Å². The fourth-order valence-corrected chi connectivity index (χ4v) is 3.30. The summed E-state index contributed by atoms with van der Waals surface area (Å²) < 4.78 is 6.09. The molecular formula is C16H23NOS. The van der Waals surface area contributed by atoms with Crippen LogP contribution in [0.5, 0.6) is 0 Å². The third-order valence-corrected chi connectivity index (χ3v) is 4.11. The predicted octanol–water partition coefficient (Wildman–Crippen LogP) is 3.66. The Morgan fingerprint density at radius 2 is 1.84 bits per heavy atom. The minimum Gasteiger partial charge on any atom is -0.389 e. The van der Waals surface area contributed by atoms with Crippen molar-refractivity contribution in [1.29, 1.82) is 0 Å². The molecule has 1 aromatic rings. The predicted molar refractivity (Wildman–Crippen MR) is 83.1 cm³/mol. The number of thiocarbonyl (C=S) groups is 1. The van der Waals surface area contributed by atoms with Crippen molar-refractivity contribution in [3.05, 3.63) is 35.4 Å². The molecule has 0 bridgehead atoms. The molecule has 1 aromatic carbocycles. The lowest BCUT2D eigenvalue weighted by Crippen LogP contribution is -2.26. The average molecular weight is 277 g/mol. The molecule has 1 aliphatic carbocycles. The third-order valence-electron chi connectivity index (χ3n) is 3.89. The maximum Gasteiger partial charge on any atom is 0.104 e. The van der Waals surface area contributed by atoms with Crippen molar-refractivity contribution in [1.82, 2.24) is 0 Å². The molecule has 0 aromatic heterocycles. The van der Waals surface area contributed by atoms with Gasteiger partial charge in [0.15, 0.2) is 0 Å². The Morgan fingerprint density at radius 3 is 2.47 bits per heavy atom. The second-order valence-electron chi connectivity index (χ2n) is 5.87. The molecule has 0 radical (unpaired) electrons. The van der Waals surface area contributed by atoms with Crippen LogP contribution in [0.2, 0.25) is 0 Å². The topological polar surface area (TPSA) is 35.2 Å². The third kappa shape index (κ3) is 4.02.